The van der Waals surface area contributed by atoms with Crippen molar-refractivity contribution >= 4 is 23.2 Å². The number of thiophene rings is 1. The summed E-state index contributed by atoms with van der Waals surface area (Å²) in [6.45, 7) is 5.86. The third-order valence-electron chi connectivity index (χ3n) is 7.17. The van der Waals surface area contributed by atoms with Gasteiger partial charge in [-0.05, 0) is 65.7 Å². The lowest BCUT2D eigenvalue weighted by molar-refractivity contribution is -0.133. The molecule has 1 atom stereocenters. The van der Waals surface area contributed by atoms with Gasteiger partial charge in [0.25, 0.3) is 5.91 Å². The minimum Gasteiger partial charge on any atom is -0.339 e. The number of piperazine rings is 1. The van der Waals surface area contributed by atoms with Crippen LogP contribution in [0.3, 0.4) is 0 Å². The van der Waals surface area contributed by atoms with Crippen LogP contribution in [-0.2, 0) is 11.2 Å². The number of benzene rings is 2. The van der Waals surface area contributed by atoms with E-state index in [9.17, 15) is 14.0 Å². The normalized spacial score (nSPS) is 18.4. The molecule has 1 fully saturated rings. The predicted molar refractivity (Wildman–Crippen MR) is 136 cm³/mol. The number of hydrogen-bond donors (Lipinski definition) is 0. The van der Waals surface area contributed by atoms with E-state index in [1.54, 1.807) is 4.90 Å². The molecular formula is C28H30FN3O2S. The molecule has 182 valence electrons. The van der Waals surface area contributed by atoms with Gasteiger partial charge in [-0.3, -0.25) is 14.5 Å². The molecule has 0 aliphatic carbocycles. The Kier molecular flexibility index (Phi) is 6.97. The second kappa shape index (κ2) is 10.3. The van der Waals surface area contributed by atoms with Crippen LogP contribution in [0.1, 0.15) is 44.4 Å². The summed E-state index contributed by atoms with van der Waals surface area (Å²) in [4.78, 5) is 33.3. The van der Waals surface area contributed by atoms with Gasteiger partial charge in [-0.1, -0.05) is 24.3 Å². The topological polar surface area (TPSA) is 43.9 Å². The van der Waals surface area contributed by atoms with Crippen LogP contribution in [0.4, 0.5) is 4.39 Å². The predicted octanol–water partition coefficient (Wildman–Crippen LogP) is 4.52. The monoisotopic (exact) mass is 491 g/mol. The Hall–Kier alpha value is -3.03. The molecule has 1 saturated heterocycles. The summed E-state index contributed by atoms with van der Waals surface area (Å²) in [5, 5.41) is 2.18. The fraction of sp³-hybridized carbons (Fsp3) is 0.357. The van der Waals surface area contributed by atoms with Gasteiger partial charge >= 0.3 is 0 Å². The standard InChI is InChI=1S/C28H30FN3O2S/c1-20-4-2-3-5-23(20)27-24-12-19-35-25(24)10-13-31(27)14-11-26(33)30-15-17-32(18-16-30)28(34)21-6-8-22(29)9-7-21/h2-9,12,19,27H,10-11,13-18H2,1H3. The van der Waals surface area contributed by atoms with Crippen molar-refractivity contribution in [2.45, 2.75) is 25.8 Å². The number of nitrogens with zero attached hydrogens (tertiary/aromatic N) is 3. The number of hydrogen-bond acceptors (Lipinski definition) is 4. The van der Waals surface area contributed by atoms with E-state index >= 15 is 0 Å². The average molecular weight is 492 g/mol. The fourth-order valence-corrected chi connectivity index (χ4v) is 6.10. The number of rotatable bonds is 5. The molecule has 35 heavy (non-hydrogen) atoms. The zero-order chi connectivity index (χ0) is 24.4. The number of aryl methyl sites for hydroxylation is 1. The summed E-state index contributed by atoms with van der Waals surface area (Å²) >= 11 is 1.83. The first-order valence-electron chi connectivity index (χ1n) is 12.2. The first-order chi connectivity index (χ1) is 17.0. The van der Waals surface area contributed by atoms with Crippen LogP contribution in [0.15, 0.2) is 60.0 Å². The summed E-state index contributed by atoms with van der Waals surface area (Å²) in [5.41, 5.74) is 4.43. The number of halogens is 1. The maximum absolute atomic E-state index is 13.2. The van der Waals surface area contributed by atoms with E-state index in [2.05, 4.69) is 47.5 Å². The number of fused-ring (bicyclic) bond motifs is 1. The summed E-state index contributed by atoms with van der Waals surface area (Å²) in [6.07, 6.45) is 1.49. The smallest absolute Gasteiger partial charge is 0.253 e. The van der Waals surface area contributed by atoms with Crippen LogP contribution in [0.5, 0.6) is 0 Å². The van der Waals surface area contributed by atoms with Gasteiger partial charge in [-0.25, -0.2) is 4.39 Å². The molecule has 1 unspecified atom stereocenters. The van der Waals surface area contributed by atoms with E-state index in [1.807, 2.05) is 16.2 Å². The molecule has 0 radical (unpaired) electrons. The average Bonchev–Trinajstić information content (AvgIpc) is 3.37. The van der Waals surface area contributed by atoms with E-state index in [0.29, 0.717) is 44.7 Å². The Labute approximate surface area is 209 Å². The molecule has 5 nitrogen and oxygen atoms in total. The minimum absolute atomic E-state index is 0.113. The lowest BCUT2D eigenvalue weighted by atomic mass is 9.90. The van der Waals surface area contributed by atoms with E-state index in [4.69, 9.17) is 0 Å². The molecule has 0 spiro atoms. The van der Waals surface area contributed by atoms with Gasteiger partial charge in [0.2, 0.25) is 5.91 Å². The van der Waals surface area contributed by atoms with Crippen LogP contribution in [-0.4, -0.2) is 65.8 Å². The molecule has 3 aromatic rings. The maximum Gasteiger partial charge on any atom is 0.253 e. The zero-order valence-corrected chi connectivity index (χ0v) is 20.8. The van der Waals surface area contributed by atoms with E-state index in [-0.39, 0.29) is 23.7 Å². The fourth-order valence-electron chi connectivity index (χ4n) is 5.20. The quantitative estimate of drug-likeness (QED) is 0.527. The second-order valence-electron chi connectivity index (χ2n) is 9.27. The molecule has 0 bridgehead atoms. The maximum atomic E-state index is 13.2. The lowest BCUT2D eigenvalue weighted by Gasteiger charge is -2.38. The summed E-state index contributed by atoms with van der Waals surface area (Å²) in [5.74, 6) is -0.331. The highest BCUT2D eigenvalue weighted by Crippen LogP contribution is 2.38. The largest absolute Gasteiger partial charge is 0.339 e. The van der Waals surface area contributed by atoms with Crippen molar-refractivity contribution < 1.29 is 14.0 Å². The van der Waals surface area contributed by atoms with Crippen LogP contribution in [0.25, 0.3) is 0 Å². The second-order valence-corrected chi connectivity index (χ2v) is 10.3. The van der Waals surface area contributed by atoms with E-state index in [0.717, 1.165) is 13.0 Å². The van der Waals surface area contributed by atoms with Crippen molar-refractivity contribution in [3.05, 3.63) is 92.9 Å². The molecular weight excluding hydrogens is 461 g/mol. The van der Waals surface area contributed by atoms with Gasteiger partial charge < -0.3 is 9.80 Å². The van der Waals surface area contributed by atoms with Crippen molar-refractivity contribution in [3.63, 3.8) is 0 Å². The highest BCUT2D eigenvalue weighted by atomic mass is 32.1. The zero-order valence-electron chi connectivity index (χ0n) is 20.0. The van der Waals surface area contributed by atoms with Crippen LogP contribution in [0, 0.1) is 12.7 Å². The molecule has 3 heterocycles. The summed E-state index contributed by atoms with van der Waals surface area (Å²) < 4.78 is 13.2. The van der Waals surface area contributed by atoms with Gasteiger partial charge in [-0.2, -0.15) is 0 Å². The van der Waals surface area contributed by atoms with E-state index in [1.165, 1.54) is 45.8 Å². The Morgan fingerprint density at radius 2 is 1.63 bits per heavy atom. The van der Waals surface area contributed by atoms with Gasteiger partial charge in [0.1, 0.15) is 5.82 Å². The van der Waals surface area contributed by atoms with Crippen LogP contribution >= 0.6 is 11.3 Å². The van der Waals surface area contributed by atoms with Gasteiger partial charge in [0.05, 0.1) is 6.04 Å². The molecule has 0 saturated carbocycles. The Bertz CT molecular complexity index is 1200. The highest BCUT2D eigenvalue weighted by Gasteiger charge is 2.31. The van der Waals surface area contributed by atoms with Crippen LogP contribution < -0.4 is 0 Å². The van der Waals surface area contributed by atoms with Crippen molar-refractivity contribution in [1.82, 2.24) is 14.7 Å². The number of amides is 2. The Morgan fingerprint density at radius 1 is 0.914 bits per heavy atom. The molecule has 1 aromatic heterocycles. The molecule has 2 aromatic carbocycles. The Morgan fingerprint density at radius 3 is 2.37 bits per heavy atom. The van der Waals surface area contributed by atoms with Gasteiger partial charge in [0, 0.05) is 56.1 Å². The minimum atomic E-state index is -0.356. The van der Waals surface area contributed by atoms with Crippen molar-refractivity contribution in [1.29, 1.82) is 0 Å². The van der Waals surface area contributed by atoms with Crippen LogP contribution in [0.2, 0.25) is 0 Å². The number of carbonyl (C=O) groups excluding carboxylic acids is 2. The molecule has 2 amide bonds. The molecule has 7 heteroatoms. The first kappa shape index (κ1) is 23.7. The number of carbonyl (C=O) groups is 2. The van der Waals surface area contributed by atoms with Crippen molar-refractivity contribution in [3.8, 4) is 0 Å². The third kappa shape index (κ3) is 5.02. The van der Waals surface area contributed by atoms with Crippen molar-refractivity contribution in [2.24, 2.45) is 0 Å². The summed E-state index contributed by atoms with van der Waals surface area (Å²) in [6, 6.07) is 16.6. The molecule has 2 aliphatic rings. The molecule has 5 rings (SSSR count). The van der Waals surface area contributed by atoms with Gasteiger partial charge in [0.15, 0.2) is 0 Å². The first-order valence-corrected chi connectivity index (χ1v) is 13.1. The van der Waals surface area contributed by atoms with Gasteiger partial charge in [-0.15, -0.1) is 11.3 Å². The SMILES string of the molecule is Cc1ccccc1C1c2ccsc2CCN1CCC(=O)N1CCN(C(=O)c2ccc(F)cc2)CC1. The highest BCUT2D eigenvalue weighted by molar-refractivity contribution is 7.10. The van der Waals surface area contributed by atoms with E-state index < -0.39 is 0 Å². The Balaban J connectivity index is 1.20. The summed E-state index contributed by atoms with van der Waals surface area (Å²) in [7, 11) is 0. The third-order valence-corrected chi connectivity index (χ3v) is 8.17. The lowest BCUT2D eigenvalue weighted by Crippen LogP contribution is -2.51. The van der Waals surface area contributed by atoms with Crippen molar-refractivity contribution in [2.75, 3.05) is 39.3 Å². The molecule has 0 N–H and O–H groups in total. The molecule has 2 aliphatic heterocycles.